The molecular formula is C3H4N2. The molecule has 2 N–H and O–H groups in total. The van der Waals surface area contributed by atoms with Crippen molar-refractivity contribution in [1.82, 2.24) is 10.6 Å². The molecule has 0 saturated heterocycles. The molecular weight excluding hydrogens is 64.0 g/mol. The number of hydrogen-bond donors (Lipinski definition) is 2. The van der Waals surface area contributed by atoms with E-state index in [0.717, 1.165) is 6.67 Å². The van der Waals surface area contributed by atoms with E-state index >= 15 is 0 Å². The topological polar surface area (TPSA) is 24.1 Å². The van der Waals surface area contributed by atoms with Crippen molar-refractivity contribution in [2.75, 3.05) is 6.67 Å². The second-order valence-electron chi connectivity index (χ2n) is 0.780. The van der Waals surface area contributed by atoms with Crippen LogP contribution in [0.1, 0.15) is 0 Å². The summed E-state index contributed by atoms with van der Waals surface area (Å²) < 4.78 is 0. The molecule has 0 bridgehead atoms. The molecule has 1 heterocycles. The van der Waals surface area contributed by atoms with E-state index in [2.05, 4.69) is 22.7 Å². The fourth-order valence-electron chi connectivity index (χ4n) is 0.221. The second-order valence-corrected chi connectivity index (χ2v) is 0.780. The molecule has 0 spiro atoms. The first-order valence-electron chi connectivity index (χ1n) is 1.46. The van der Waals surface area contributed by atoms with Crippen LogP contribution in [0.15, 0.2) is 0 Å². The summed E-state index contributed by atoms with van der Waals surface area (Å²) in [5.41, 5.74) is 0. The first-order valence-corrected chi connectivity index (χ1v) is 1.46. The number of hydrogen-bond acceptors (Lipinski definition) is 2. The minimum absolute atomic E-state index is 0.778. The summed E-state index contributed by atoms with van der Waals surface area (Å²) in [5.74, 6) is 0. The molecule has 2 nitrogen and oxygen atoms in total. The first-order chi connectivity index (χ1) is 2.50. The highest BCUT2D eigenvalue weighted by Gasteiger charge is 1.76. The molecule has 0 aromatic heterocycles. The lowest BCUT2D eigenvalue weighted by atomic mass is 11.1. The summed E-state index contributed by atoms with van der Waals surface area (Å²) >= 11 is 0. The standard InChI is InChI=1S/C3H4N2/c1-2-5-3-4-1/h4-5H,3H2. The first kappa shape index (κ1) is 2.40. The third-order valence-electron chi connectivity index (χ3n) is 0.416. The van der Waals surface area contributed by atoms with Gasteiger partial charge in [-0.1, -0.05) is 0 Å². The summed E-state index contributed by atoms with van der Waals surface area (Å²) in [5, 5.41) is 5.50. The third-order valence-corrected chi connectivity index (χ3v) is 0.416. The Morgan fingerprint density at radius 1 is 1.20 bits per heavy atom. The van der Waals surface area contributed by atoms with Gasteiger partial charge in [-0.25, -0.2) is 0 Å². The average molecular weight is 68.1 g/mol. The summed E-state index contributed by atoms with van der Waals surface area (Å²) in [7, 11) is 0. The van der Waals surface area contributed by atoms with Crippen LogP contribution in [0.25, 0.3) is 0 Å². The Morgan fingerprint density at radius 3 is 2.00 bits per heavy atom. The highest BCUT2D eigenvalue weighted by Crippen LogP contribution is 1.52. The van der Waals surface area contributed by atoms with Gasteiger partial charge < -0.3 is 10.6 Å². The van der Waals surface area contributed by atoms with Crippen molar-refractivity contribution < 1.29 is 0 Å². The molecule has 0 saturated carbocycles. The molecule has 0 aliphatic carbocycles. The van der Waals surface area contributed by atoms with Gasteiger partial charge in [0.15, 0.2) is 0 Å². The van der Waals surface area contributed by atoms with Gasteiger partial charge in [-0.15, -0.1) is 0 Å². The second kappa shape index (κ2) is 0.852. The van der Waals surface area contributed by atoms with Crippen molar-refractivity contribution >= 4 is 0 Å². The van der Waals surface area contributed by atoms with Crippen LogP contribution in [-0.2, 0) is 0 Å². The SMILES string of the molecule is C1#CNCN1. The Hall–Kier alpha value is -0.840. The normalized spacial score (nSPS) is 14.4. The maximum absolute atomic E-state index is 2.75. The summed E-state index contributed by atoms with van der Waals surface area (Å²) in [6.07, 6.45) is 0. The zero-order chi connectivity index (χ0) is 3.54. The van der Waals surface area contributed by atoms with Crippen LogP contribution in [0.4, 0.5) is 0 Å². The van der Waals surface area contributed by atoms with Crippen LogP contribution in [0, 0.1) is 12.1 Å². The van der Waals surface area contributed by atoms with Gasteiger partial charge >= 0.3 is 0 Å². The zero-order valence-corrected chi connectivity index (χ0v) is 2.71. The molecule has 26 valence electrons. The molecule has 5 heavy (non-hydrogen) atoms. The van der Waals surface area contributed by atoms with Gasteiger partial charge in [-0.05, 0) is 0 Å². The van der Waals surface area contributed by atoms with Gasteiger partial charge in [0.25, 0.3) is 0 Å². The van der Waals surface area contributed by atoms with Gasteiger partial charge in [0.2, 0.25) is 0 Å². The van der Waals surface area contributed by atoms with Crippen LogP contribution in [0.2, 0.25) is 0 Å². The fourth-order valence-corrected chi connectivity index (χ4v) is 0.221. The van der Waals surface area contributed by atoms with Crippen LogP contribution < -0.4 is 10.6 Å². The molecule has 0 fully saturated rings. The zero-order valence-electron chi connectivity index (χ0n) is 2.71. The Bertz CT molecular complexity index is 68.6. The van der Waals surface area contributed by atoms with Crippen molar-refractivity contribution in [3.63, 3.8) is 0 Å². The Labute approximate surface area is 30.6 Å². The highest BCUT2D eigenvalue weighted by atomic mass is 15.1. The van der Waals surface area contributed by atoms with Crippen molar-refractivity contribution in [2.45, 2.75) is 0 Å². The van der Waals surface area contributed by atoms with E-state index in [-0.39, 0.29) is 0 Å². The summed E-state index contributed by atoms with van der Waals surface area (Å²) in [6, 6.07) is 5.22. The van der Waals surface area contributed by atoms with E-state index in [0.29, 0.717) is 0 Å². The monoisotopic (exact) mass is 68.0 g/mol. The van der Waals surface area contributed by atoms with Crippen LogP contribution >= 0.6 is 0 Å². The predicted molar refractivity (Wildman–Crippen MR) is 18.9 cm³/mol. The van der Waals surface area contributed by atoms with Gasteiger partial charge in [-0.3, -0.25) is 0 Å². The maximum atomic E-state index is 2.75. The minimum atomic E-state index is 0.778. The Kier molecular flexibility index (Phi) is 0.409. The molecule has 0 aromatic carbocycles. The molecule has 1 rings (SSSR count). The van der Waals surface area contributed by atoms with Crippen molar-refractivity contribution in [3.8, 4) is 12.1 Å². The van der Waals surface area contributed by atoms with Crippen molar-refractivity contribution in [1.29, 1.82) is 0 Å². The van der Waals surface area contributed by atoms with Gasteiger partial charge in [0.05, 0.1) is 6.67 Å². The van der Waals surface area contributed by atoms with Crippen molar-refractivity contribution in [2.24, 2.45) is 0 Å². The van der Waals surface area contributed by atoms with E-state index in [1.54, 1.807) is 0 Å². The largest absolute Gasteiger partial charge is 0.326 e. The van der Waals surface area contributed by atoms with Crippen LogP contribution in [0.3, 0.4) is 0 Å². The molecule has 0 unspecified atom stereocenters. The molecule has 1 aliphatic heterocycles. The van der Waals surface area contributed by atoms with E-state index in [4.69, 9.17) is 0 Å². The molecule has 2 heteroatoms. The minimum Gasteiger partial charge on any atom is -0.326 e. The summed E-state index contributed by atoms with van der Waals surface area (Å²) in [6.45, 7) is 0.778. The lowest BCUT2D eigenvalue weighted by Crippen LogP contribution is -2.12. The molecule has 0 aromatic rings. The third kappa shape index (κ3) is 0.246. The Balaban J connectivity index is 2.42. The van der Waals surface area contributed by atoms with E-state index in [1.807, 2.05) is 0 Å². The Morgan fingerprint density at radius 2 is 1.80 bits per heavy atom. The smallest absolute Gasteiger partial charge is 0.0996 e. The quantitative estimate of drug-likeness (QED) is 0.358. The lowest BCUT2D eigenvalue weighted by Gasteiger charge is -1.80. The van der Waals surface area contributed by atoms with E-state index < -0.39 is 0 Å². The van der Waals surface area contributed by atoms with E-state index in [1.165, 1.54) is 0 Å². The summed E-state index contributed by atoms with van der Waals surface area (Å²) in [4.78, 5) is 0. The lowest BCUT2D eigenvalue weighted by molar-refractivity contribution is 0.848. The number of nitrogens with one attached hydrogen (secondary N) is 2. The maximum Gasteiger partial charge on any atom is 0.0996 e. The van der Waals surface area contributed by atoms with E-state index in [9.17, 15) is 0 Å². The fraction of sp³-hybridized carbons (Fsp3) is 0.333. The predicted octanol–water partition coefficient (Wildman–Crippen LogP) is -0.945. The molecule has 0 radical (unpaired) electrons. The molecule has 0 atom stereocenters. The molecule has 1 aliphatic rings. The number of rotatable bonds is 0. The molecule has 0 amide bonds. The van der Waals surface area contributed by atoms with Gasteiger partial charge in [0, 0.05) is 12.1 Å². The van der Waals surface area contributed by atoms with Gasteiger partial charge in [0.1, 0.15) is 0 Å². The van der Waals surface area contributed by atoms with Gasteiger partial charge in [-0.2, -0.15) is 0 Å². The van der Waals surface area contributed by atoms with Crippen LogP contribution in [-0.4, -0.2) is 6.67 Å². The average Bonchev–Trinajstić information content (AvgIpc) is 1.76. The van der Waals surface area contributed by atoms with Crippen molar-refractivity contribution in [3.05, 3.63) is 0 Å². The van der Waals surface area contributed by atoms with Crippen LogP contribution in [0.5, 0.6) is 0 Å². The highest BCUT2D eigenvalue weighted by molar-refractivity contribution is 4.99.